The maximum absolute atomic E-state index is 13.5. The van der Waals surface area contributed by atoms with Crippen molar-refractivity contribution in [2.75, 3.05) is 13.1 Å². The molecular weight excluding hydrogens is 386 g/mol. The van der Waals surface area contributed by atoms with Gasteiger partial charge in [-0.3, -0.25) is 4.90 Å². The van der Waals surface area contributed by atoms with Crippen LogP contribution >= 0.6 is 24.0 Å². The van der Waals surface area contributed by atoms with E-state index in [2.05, 4.69) is 26.7 Å². The molecule has 2 aliphatic rings. The predicted octanol–water partition coefficient (Wildman–Crippen LogP) is 4.26. The van der Waals surface area contributed by atoms with Gasteiger partial charge in [-0.05, 0) is 62.4 Å². The van der Waals surface area contributed by atoms with Crippen molar-refractivity contribution < 1.29 is 4.39 Å². The molecule has 148 valence electrons. The van der Waals surface area contributed by atoms with Crippen LogP contribution in [0.15, 0.2) is 30.6 Å². The maximum atomic E-state index is 13.5. The second-order valence-electron chi connectivity index (χ2n) is 7.62. The zero-order valence-corrected chi connectivity index (χ0v) is 17.2. The molecule has 4 rings (SSSR count). The molecule has 1 spiro atoms. The Morgan fingerprint density at radius 2 is 2.11 bits per heavy atom. The summed E-state index contributed by atoms with van der Waals surface area (Å²) in [5.74, 6) is 0.737. The summed E-state index contributed by atoms with van der Waals surface area (Å²) in [5.41, 5.74) is 1.50. The van der Waals surface area contributed by atoms with Gasteiger partial charge in [0, 0.05) is 31.5 Å². The molecule has 1 unspecified atom stereocenters. The summed E-state index contributed by atoms with van der Waals surface area (Å²) in [6.07, 6.45) is 7.63. The molecule has 1 aliphatic heterocycles. The number of benzene rings is 1. The zero-order chi connectivity index (χ0) is 18.1. The van der Waals surface area contributed by atoms with E-state index >= 15 is 0 Å². The Morgan fingerprint density at radius 1 is 1.33 bits per heavy atom. The molecule has 2 heterocycles. The van der Waals surface area contributed by atoms with E-state index in [-0.39, 0.29) is 23.2 Å². The highest BCUT2D eigenvalue weighted by molar-refractivity contribution is 6.30. The Hall–Kier alpha value is -1.14. The second kappa shape index (κ2) is 8.48. The summed E-state index contributed by atoms with van der Waals surface area (Å²) in [7, 11) is 0. The SMILES string of the molecule is CCn1ccnc1CN(Cc1ccc(F)c(Cl)c1)C1CC12CCNCC2.Cl. The lowest BCUT2D eigenvalue weighted by Crippen LogP contribution is -2.36. The van der Waals surface area contributed by atoms with E-state index in [1.54, 1.807) is 6.07 Å². The van der Waals surface area contributed by atoms with Crippen molar-refractivity contribution in [1.29, 1.82) is 0 Å². The van der Waals surface area contributed by atoms with Gasteiger partial charge in [-0.1, -0.05) is 17.7 Å². The molecule has 1 saturated heterocycles. The van der Waals surface area contributed by atoms with Gasteiger partial charge in [0.15, 0.2) is 0 Å². The van der Waals surface area contributed by atoms with Crippen molar-refractivity contribution >= 4 is 24.0 Å². The maximum Gasteiger partial charge on any atom is 0.141 e. The summed E-state index contributed by atoms with van der Waals surface area (Å²) >= 11 is 6.01. The van der Waals surface area contributed by atoms with Crippen LogP contribution in [0.5, 0.6) is 0 Å². The monoisotopic (exact) mass is 412 g/mol. The summed E-state index contributed by atoms with van der Waals surface area (Å²) in [6.45, 7) is 6.87. The van der Waals surface area contributed by atoms with Crippen molar-refractivity contribution in [1.82, 2.24) is 19.8 Å². The summed E-state index contributed by atoms with van der Waals surface area (Å²) in [5, 5.41) is 3.67. The fraction of sp³-hybridized carbons (Fsp3) is 0.550. The molecule has 4 nitrogen and oxygen atoms in total. The van der Waals surface area contributed by atoms with Crippen molar-refractivity contribution in [3.63, 3.8) is 0 Å². The van der Waals surface area contributed by atoms with E-state index in [1.807, 2.05) is 18.5 Å². The second-order valence-corrected chi connectivity index (χ2v) is 8.02. The Kier molecular flexibility index (Phi) is 6.46. The van der Waals surface area contributed by atoms with E-state index in [9.17, 15) is 4.39 Å². The number of halogens is 3. The highest BCUT2D eigenvalue weighted by atomic mass is 35.5. The molecule has 1 saturated carbocycles. The van der Waals surface area contributed by atoms with E-state index in [0.29, 0.717) is 11.5 Å². The van der Waals surface area contributed by atoms with E-state index in [1.165, 1.54) is 25.3 Å². The molecule has 0 radical (unpaired) electrons. The van der Waals surface area contributed by atoms with Crippen LogP contribution in [0.25, 0.3) is 0 Å². The molecule has 1 aromatic heterocycles. The smallest absolute Gasteiger partial charge is 0.141 e. The molecule has 1 aromatic carbocycles. The summed E-state index contributed by atoms with van der Waals surface area (Å²) in [6, 6.07) is 5.64. The molecular formula is C20H27Cl2FN4. The van der Waals surface area contributed by atoms with E-state index in [4.69, 9.17) is 11.6 Å². The van der Waals surface area contributed by atoms with Gasteiger partial charge >= 0.3 is 0 Å². The van der Waals surface area contributed by atoms with Crippen LogP contribution in [-0.4, -0.2) is 33.6 Å². The van der Waals surface area contributed by atoms with Gasteiger partial charge in [-0.2, -0.15) is 0 Å². The van der Waals surface area contributed by atoms with E-state index < -0.39 is 0 Å². The lowest BCUT2D eigenvalue weighted by Gasteiger charge is -2.29. The first-order valence-electron chi connectivity index (χ1n) is 9.50. The van der Waals surface area contributed by atoms with Gasteiger partial charge in [0.25, 0.3) is 0 Å². The Labute approximate surface area is 171 Å². The lowest BCUT2D eigenvalue weighted by atomic mass is 9.93. The number of nitrogens with zero attached hydrogens (tertiary/aromatic N) is 3. The Bertz CT molecular complexity index is 773. The van der Waals surface area contributed by atoms with Crippen molar-refractivity contribution in [2.45, 2.75) is 51.9 Å². The number of hydrogen-bond donors (Lipinski definition) is 1. The largest absolute Gasteiger partial charge is 0.334 e. The third kappa shape index (κ3) is 4.32. The molecule has 27 heavy (non-hydrogen) atoms. The number of aryl methyl sites for hydroxylation is 1. The first-order chi connectivity index (χ1) is 12.6. The summed E-state index contributed by atoms with van der Waals surface area (Å²) in [4.78, 5) is 7.08. The van der Waals surface area contributed by atoms with Gasteiger partial charge in [0.2, 0.25) is 0 Å². The number of aromatic nitrogens is 2. The van der Waals surface area contributed by atoms with E-state index in [0.717, 1.165) is 44.1 Å². The Balaban J connectivity index is 0.00000210. The summed E-state index contributed by atoms with van der Waals surface area (Å²) < 4.78 is 15.7. The molecule has 0 bridgehead atoms. The van der Waals surface area contributed by atoms with Crippen LogP contribution in [0, 0.1) is 11.2 Å². The average Bonchev–Trinajstić information content (AvgIpc) is 3.13. The number of piperidine rings is 1. The predicted molar refractivity (Wildman–Crippen MR) is 109 cm³/mol. The fourth-order valence-corrected chi connectivity index (χ4v) is 4.62. The molecule has 2 fully saturated rings. The highest BCUT2D eigenvalue weighted by Crippen LogP contribution is 2.56. The number of imidazole rings is 1. The van der Waals surface area contributed by atoms with Crippen molar-refractivity contribution in [2.24, 2.45) is 5.41 Å². The number of rotatable bonds is 6. The highest BCUT2D eigenvalue weighted by Gasteiger charge is 2.56. The van der Waals surface area contributed by atoms with Crippen LogP contribution < -0.4 is 5.32 Å². The van der Waals surface area contributed by atoms with Gasteiger partial charge in [-0.15, -0.1) is 12.4 Å². The van der Waals surface area contributed by atoms with Crippen molar-refractivity contribution in [3.05, 3.63) is 52.8 Å². The normalized spacial score (nSPS) is 20.7. The van der Waals surface area contributed by atoms with Crippen LogP contribution in [0.1, 0.15) is 37.6 Å². The molecule has 2 aromatic rings. The minimum absolute atomic E-state index is 0. The minimum Gasteiger partial charge on any atom is -0.334 e. The van der Waals surface area contributed by atoms with Gasteiger partial charge in [0.05, 0.1) is 11.6 Å². The number of hydrogen-bond acceptors (Lipinski definition) is 3. The fourth-order valence-electron chi connectivity index (χ4n) is 4.41. The van der Waals surface area contributed by atoms with Crippen LogP contribution in [-0.2, 0) is 19.6 Å². The third-order valence-corrected chi connectivity index (χ3v) is 6.33. The van der Waals surface area contributed by atoms with Crippen LogP contribution in [0.2, 0.25) is 5.02 Å². The van der Waals surface area contributed by atoms with Gasteiger partial charge in [0.1, 0.15) is 11.6 Å². The van der Waals surface area contributed by atoms with Crippen LogP contribution in [0.4, 0.5) is 4.39 Å². The lowest BCUT2D eigenvalue weighted by molar-refractivity contribution is 0.182. The third-order valence-electron chi connectivity index (χ3n) is 6.04. The van der Waals surface area contributed by atoms with Gasteiger partial charge < -0.3 is 9.88 Å². The standard InChI is InChI=1S/C20H26ClFN4.ClH/c1-2-25-10-9-24-19(25)14-26(13-15-3-4-17(22)16(21)11-15)18-12-20(18)5-7-23-8-6-20;/h3-4,9-11,18,23H,2,5-8,12-14H2,1H3;1H. The molecule has 1 N–H and O–H groups in total. The van der Waals surface area contributed by atoms with Gasteiger partial charge in [-0.25, -0.2) is 9.37 Å². The molecule has 1 atom stereocenters. The zero-order valence-electron chi connectivity index (χ0n) is 15.6. The van der Waals surface area contributed by atoms with Crippen molar-refractivity contribution in [3.8, 4) is 0 Å². The molecule has 7 heteroatoms. The molecule has 0 amide bonds. The first-order valence-corrected chi connectivity index (χ1v) is 9.88. The molecule has 1 aliphatic carbocycles. The first kappa shape index (κ1) is 20.6. The quantitative estimate of drug-likeness (QED) is 0.768. The number of nitrogens with one attached hydrogen (secondary N) is 1. The topological polar surface area (TPSA) is 33.1 Å². The minimum atomic E-state index is -0.357. The Morgan fingerprint density at radius 3 is 2.81 bits per heavy atom. The van der Waals surface area contributed by atoms with Crippen LogP contribution in [0.3, 0.4) is 0 Å². The average molecular weight is 413 g/mol.